The van der Waals surface area contributed by atoms with Gasteiger partial charge in [0.2, 0.25) is 0 Å². The Morgan fingerprint density at radius 3 is 2.29 bits per heavy atom. The molecule has 1 unspecified atom stereocenters. The van der Waals surface area contributed by atoms with E-state index in [4.69, 9.17) is 4.55 Å². The van der Waals surface area contributed by atoms with Gasteiger partial charge >= 0.3 is 0 Å². The Hall–Kier alpha value is -0.150. The van der Waals surface area contributed by atoms with Crippen molar-refractivity contribution in [3.8, 4) is 0 Å². The Morgan fingerprint density at radius 1 is 1.86 bits per heavy atom. The quantitative estimate of drug-likeness (QED) is 0.424. The minimum atomic E-state index is -2.74. The van der Waals surface area contributed by atoms with Crippen LogP contribution in [0.25, 0.3) is 0 Å². The molecule has 3 heteroatoms. The highest BCUT2D eigenvalue weighted by Crippen LogP contribution is 1.83. The molecule has 2 nitrogen and oxygen atoms in total. The first-order valence-corrected chi connectivity index (χ1v) is 3.78. The van der Waals surface area contributed by atoms with Gasteiger partial charge in [-0.2, -0.15) is 0 Å². The van der Waals surface area contributed by atoms with Crippen molar-refractivity contribution in [3.05, 3.63) is 6.92 Å². The van der Waals surface area contributed by atoms with Crippen LogP contribution in [0.15, 0.2) is 0 Å². The lowest BCUT2D eigenvalue weighted by molar-refractivity contribution is 0.560. The molecule has 0 aromatic rings. The van der Waals surface area contributed by atoms with Crippen LogP contribution in [0, 0.1) is 6.92 Å². The van der Waals surface area contributed by atoms with Crippen LogP contribution in [0.3, 0.4) is 0 Å². The van der Waals surface area contributed by atoms with E-state index in [-0.39, 0.29) is 5.75 Å². The SMILES string of the molecule is C=S(=O)(O)CC[CH2+]. The Morgan fingerprint density at radius 2 is 2.29 bits per heavy atom. The summed E-state index contributed by atoms with van der Waals surface area (Å²) in [5.41, 5.74) is 0. The van der Waals surface area contributed by atoms with Gasteiger partial charge in [-0.15, -0.1) is 0 Å². The highest BCUT2D eigenvalue weighted by molar-refractivity contribution is 7.95. The van der Waals surface area contributed by atoms with E-state index in [2.05, 4.69) is 12.8 Å². The Balaban J connectivity index is 3.60. The van der Waals surface area contributed by atoms with Crippen molar-refractivity contribution in [3.63, 3.8) is 0 Å². The van der Waals surface area contributed by atoms with Crippen LogP contribution >= 0.6 is 0 Å². The van der Waals surface area contributed by atoms with E-state index in [9.17, 15) is 4.21 Å². The zero-order valence-corrected chi connectivity index (χ0v) is 4.91. The largest absolute Gasteiger partial charge is 0.314 e. The van der Waals surface area contributed by atoms with Gasteiger partial charge < -0.3 is 4.55 Å². The first kappa shape index (κ1) is 6.85. The predicted octanol–water partition coefficient (Wildman–Crippen LogP) is 0.400. The molecule has 7 heavy (non-hydrogen) atoms. The molecule has 0 saturated heterocycles. The second-order valence-corrected chi connectivity index (χ2v) is 3.28. The van der Waals surface area contributed by atoms with Gasteiger partial charge in [0.25, 0.3) is 0 Å². The summed E-state index contributed by atoms with van der Waals surface area (Å²) in [6.07, 6.45) is 0.471. The third kappa shape index (κ3) is 5.85. The van der Waals surface area contributed by atoms with Gasteiger partial charge in [-0.25, -0.2) is 4.21 Å². The summed E-state index contributed by atoms with van der Waals surface area (Å²) < 4.78 is 18.6. The van der Waals surface area contributed by atoms with E-state index in [0.29, 0.717) is 6.42 Å². The van der Waals surface area contributed by atoms with Gasteiger partial charge in [0.05, 0.1) is 28.9 Å². The second kappa shape index (κ2) is 2.23. The van der Waals surface area contributed by atoms with Crippen LogP contribution in [0.2, 0.25) is 0 Å². The van der Waals surface area contributed by atoms with Crippen LogP contribution < -0.4 is 0 Å². The highest BCUT2D eigenvalue weighted by Gasteiger charge is 1.94. The maximum Gasteiger partial charge on any atom is 0.0982 e. The molecule has 0 spiro atoms. The standard InChI is InChI=1S/C4H8O2S/c1-3-4-7(2,5)6/h1-4H2/p+1. The van der Waals surface area contributed by atoms with E-state index < -0.39 is 9.80 Å². The first-order valence-electron chi connectivity index (χ1n) is 1.93. The molecule has 0 aliphatic rings. The fraction of sp³-hybridized carbons (Fsp3) is 0.500. The maximum atomic E-state index is 10.2. The minimum absolute atomic E-state index is 0.201. The van der Waals surface area contributed by atoms with Gasteiger partial charge in [-0.1, -0.05) is 0 Å². The van der Waals surface area contributed by atoms with Crippen molar-refractivity contribution < 1.29 is 8.76 Å². The normalized spacial score (nSPS) is 18.4. The molecule has 0 amide bonds. The first-order chi connectivity index (χ1) is 3.06. The maximum absolute atomic E-state index is 10.2. The molecule has 42 valence electrons. The molecule has 0 fully saturated rings. The van der Waals surface area contributed by atoms with Gasteiger partial charge in [0, 0.05) is 0 Å². The van der Waals surface area contributed by atoms with Crippen LogP contribution in [0.5, 0.6) is 0 Å². The third-order valence-electron chi connectivity index (χ3n) is 0.463. The highest BCUT2D eigenvalue weighted by atomic mass is 32.2. The van der Waals surface area contributed by atoms with Crippen molar-refractivity contribution in [1.82, 2.24) is 0 Å². The third-order valence-corrected chi connectivity index (χ3v) is 1.39. The van der Waals surface area contributed by atoms with E-state index in [1.807, 2.05) is 0 Å². The Kier molecular flexibility index (Phi) is 2.19. The molecule has 0 rings (SSSR count). The summed E-state index contributed by atoms with van der Waals surface area (Å²) in [6.45, 7) is 3.39. The molecule has 1 atom stereocenters. The van der Waals surface area contributed by atoms with E-state index >= 15 is 0 Å². The fourth-order valence-corrected chi connectivity index (χ4v) is 0.677. The molecule has 0 aromatic heterocycles. The lowest BCUT2D eigenvalue weighted by Crippen LogP contribution is -2.00. The number of hydrogen-bond acceptors (Lipinski definition) is 1. The zero-order valence-electron chi connectivity index (χ0n) is 4.09. The zero-order chi connectivity index (χ0) is 5.91. The Labute approximate surface area is 44.4 Å². The molecule has 0 saturated carbocycles. The van der Waals surface area contributed by atoms with Crippen molar-refractivity contribution in [1.29, 1.82) is 0 Å². The lowest BCUT2D eigenvalue weighted by Gasteiger charge is -1.89. The van der Waals surface area contributed by atoms with Crippen LogP contribution in [0.1, 0.15) is 6.42 Å². The summed E-state index contributed by atoms with van der Waals surface area (Å²) >= 11 is 0. The summed E-state index contributed by atoms with van der Waals surface area (Å²) in [4.78, 5) is 0. The summed E-state index contributed by atoms with van der Waals surface area (Å²) in [7, 11) is -2.74. The van der Waals surface area contributed by atoms with Crippen LogP contribution in [-0.4, -0.2) is 20.4 Å². The van der Waals surface area contributed by atoms with E-state index in [1.54, 1.807) is 0 Å². The second-order valence-electron chi connectivity index (χ2n) is 1.33. The molecular weight excluding hydrogens is 112 g/mol. The van der Waals surface area contributed by atoms with Gasteiger partial charge in [0.15, 0.2) is 0 Å². The molecule has 0 aliphatic carbocycles. The molecule has 1 N–H and O–H groups in total. The minimum Gasteiger partial charge on any atom is -0.314 e. The molecule has 0 heterocycles. The van der Waals surface area contributed by atoms with Crippen LogP contribution in [-0.2, 0) is 9.80 Å². The number of rotatable bonds is 2. The molecule has 0 aliphatic heterocycles. The topological polar surface area (TPSA) is 37.3 Å². The summed E-state index contributed by atoms with van der Waals surface area (Å²) in [5, 5.41) is 0. The lowest BCUT2D eigenvalue weighted by atomic mass is 10.6. The van der Waals surface area contributed by atoms with Crippen LogP contribution in [0.4, 0.5) is 0 Å². The smallest absolute Gasteiger partial charge is 0.0982 e. The van der Waals surface area contributed by atoms with E-state index in [0.717, 1.165) is 0 Å². The van der Waals surface area contributed by atoms with Crippen molar-refractivity contribution >= 4 is 15.7 Å². The summed E-state index contributed by atoms with van der Waals surface area (Å²) in [6, 6.07) is 0. The van der Waals surface area contributed by atoms with E-state index in [1.165, 1.54) is 0 Å². The summed E-state index contributed by atoms with van der Waals surface area (Å²) in [5.74, 6) is 3.20. The number of hydrogen-bond donors (Lipinski definition) is 1. The average molecular weight is 121 g/mol. The molecule has 0 aromatic carbocycles. The van der Waals surface area contributed by atoms with Gasteiger partial charge in [-0.05, 0) is 5.87 Å². The average Bonchev–Trinajstić information content (AvgIpc) is 1.30. The van der Waals surface area contributed by atoms with Crippen molar-refractivity contribution in [2.75, 3.05) is 5.75 Å². The Bertz CT molecular complexity index is 123. The molecule has 0 radical (unpaired) electrons. The van der Waals surface area contributed by atoms with Gasteiger partial charge in [-0.3, -0.25) is 0 Å². The fourth-order valence-electron chi connectivity index (χ4n) is 0.226. The monoisotopic (exact) mass is 121 g/mol. The molecule has 0 bridgehead atoms. The van der Waals surface area contributed by atoms with Crippen molar-refractivity contribution in [2.24, 2.45) is 0 Å². The predicted molar refractivity (Wildman–Crippen MR) is 32.7 cm³/mol. The van der Waals surface area contributed by atoms with Gasteiger partial charge in [0.1, 0.15) is 0 Å². The molecular formula is C4H9O2S+. The van der Waals surface area contributed by atoms with Crippen molar-refractivity contribution in [2.45, 2.75) is 6.42 Å².